The van der Waals surface area contributed by atoms with Gasteiger partial charge in [0.05, 0.1) is 11.9 Å². The smallest absolute Gasteiger partial charge is 0.247 e. The number of aryl methyl sites for hydroxylation is 2. The molecule has 0 bridgehead atoms. The van der Waals surface area contributed by atoms with Gasteiger partial charge in [-0.2, -0.15) is 27.1 Å². The van der Waals surface area contributed by atoms with Crippen LogP contribution in [0, 0.1) is 12.7 Å². The molecule has 2 aromatic rings. The number of hydrogen-bond acceptors (Lipinski definition) is 2. The summed E-state index contributed by atoms with van der Waals surface area (Å²) in [5.41, 5.74) is 0.379. The summed E-state index contributed by atoms with van der Waals surface area (Å²) < 4.78 is 75.8. The zero-order chi connectivity index (χ0) is 15.1. The fourth-order valence-electron chi connectivity index (χ4n) is 1.73. The van der Waals surface area contributed by atoms with Gasteiger partial charge in [0, 0.05) is 18.4 Å². The predicted molar refractivity (Wildman–Crippen MR) is 57.8 cm³/mol. The van der Waals surface area contributed by atoms with Crippen molar-refractivity contribution in [3.05, 3.63) is 23.8 Å². The zero-order valence-corrected chi connectivity index (χ0v) is 10.2. The minimum absolute atomic E-state index is 0.0712. The number of nitrogens with zero attached hydrogens (tertiary/aromatic N) is 3. The Morgan fingerprint density at radius 3 is 2.45 bits per heavy atom. The number of rotatable bonds is 3. The molecule has 0 aliphatic heterocycles. The SMILES string of the molecule is Cc1nn(CCC(F)(F)C(F)(F)F)c2ncc(F)cc12. The Morgan fingerprint density at radius 2 is 1.85 bits per heavy atom. The van der Waals surface area contributed by atoms with Crippen molar-refractivity contribution >= 4 is 11.0 Å². The molecular formula is C11H9F6N3. The molecule has 2 rings (SSSR count). The second-order valence-electron chi connectivity index (χ2n) is 4.29. The third kappa shape index (κ3) is 2.56. The first-order valence-corrected chi connectivity index (χ1v) is 5.55. The fraction of sp³-hybridized carbons (Fsp3) is 0.455. The van der Waals surface area contributed by atoms with E-state index in [0.29, 0.717) is 5.69 Å². The van der Waals surface area contributed by atoms with E-state index in [2.05, 4.69) is 10.1 Å². The molecule has 20 heavy (non-hydrogen) atoms. The average Bonchev–Trinajstić information content (AvgIpc) is 2.62. The summed E-state index contributed by atoms with van der Waals surface area (Å²) in [7, 11) is 0. The van der Waals surface area contributed by atoms with Crippen molar-refractivity contribution in [3.63, 3.8) is 0 Å². The lowest BCUT2D eigenvalue weighted by molar-refractivity contribution is -0.285. The van der Waals surface area contributed by atoms with E-state index < -0.39 is 30.9 Å². The predicted octanol–water partition coefficient (Wildman–Crippen LogP) is 3.47. The lowest BCUT2D eigenvalue weighted by atomic mass is 10.2. The van der Waals surface area contributed by atoms with Gasteiger partial charge in [-0.1, -0.05) is 0 Å². The van der Waals surface area contributed by atoms with Crippen LogP contribution in [0.15, 0.2) is 12.3 Å². The summed E-state index contributed by atoms with van der Waals surface area (Å²) in [5.74, 6) is -5.44. The number of aromatic nitrogens is 3. The van der Waals surface area contributed by atoms with Crippen LogP contribution in [0.25, 0.3) is 11.0 Å². The van der Waals surface area contributed by atoms with Crippen molar-refractivity contribution < 1.29 is 26.3 Å². The van der Waals surface area contributed by atoms with Crippen molar-refractivity contribution in [1.82, 2.24) is 14.8 Å². The van der Waals surface area contributed by atoms with Gasteiger partial charge in [0.15, 0.2) is 5.65 Å². The van der Waals surface area contributed by atoms with Gasteiger partial charge in [0.2, 0.25) is 0 Å². The lowest BCUT2D eigenvalue weighted by Crippen LogP contribution is -2.37. The zero-order valence-electron chi connectivity index (χ0n) is 10.2. The molecule has 0 aliphatic rings. The average molecular weight is 297 g/mol. The van der Waals surface area contributed by atoms with Crippen molar-refractivity contribution in [2.45, 2.75) is 32.0 Å². The third-order valence-electron chi connectivity index (χ3n) is 2.79. The van der Waals surface area contributed by atoms with Gasteiger partial charge in [-0.15, -0.1) is 0 Å². The highest BCUT2D eigenvalue weighted by atomic mass is 19.4. The maximum atomic E-state index is 13.0. The molecule has 9 heteroatoms. The molecule has 2 aromatic heterocycles. The monoisotopic (exact) mass is 297 g/mol. The molecule has 0 amide bonds. The third-order valence-corrected chi connectivity index (χ3v) is 2.79. The summed E-state index contributed by atoms with van der Waals surface area (Å²) >= 11 is 0. The molecule has 0 saturated carbocycles. The Balaban J connectivity index is 2.27. The van der Waals surface area contributed by atoms with Gasteiger partial charge in [0.1, 0.15) is 5.82 Å². The van der Waals surface area contributed by atoms with Gasteiger partial charge in [-0.3, -0.25) is 0 Å². The van der Waals surface area contributed by atoms with Crippen LogP contribution in [0.1, 0.15) is 12.1 Å². The highest BCUT2D eigenvalue weighted by Gasteiger charge is 2.56. The van der Waals surface area contributed by atoms with E-state index >= 15 is 0 Å². The highest BCUT2D eigenvalue weighted by molar-refractivity contribution is 5.77. The molecule has 2 heterocycles. The van der Waals surface area contributed by atoms with Crippen LogP contribution in [-0.2, 0) is 6.54 Å². The van der Waals surface area contributed by atoms with Crippen LogP contribution >= 0.6 is 0 Å². The van der Waals surface area contributed by atoms with Crippen LogP contribution in [0.2, 0.25) is 0 Å². The number of hydrogen-bond donors (Lipinski definition) is 0. The van der Waals surface area contributed by atoms with E-state index in [0.717, 1.165) is 16.9 Å². The molecule has 0 spiro atoms. The van der Waals surface area contributed by atoms with E-state index in [1.165, 1.54) is 6.92 Å². The summed E-state index contributed by atoms with van der Waals surface area (Å²) in [6.45, 7) is 0.817. The second kappa shape index (κ2) is 4.64. The van der Waals surface area contributed by atoms with E-state index in [-0.39, 0.29) is 11.0 Å². The first-order valence-electron chi connectivity index (χ1n) is 5.55. The van der Waals surface area contributed by atoms with Crippen LogP contribution in [0.5, 0.6) is 0 Å². The minimum Gasteiger partial charge on any atom is -0.247 e. The Morgan fingerprint density at radius 1 is 1.20 bits per heavy atom. The van der Waals surface area contributed by atoms with Gasteiger partial charge in [0.25, 0.3) is 0 Å². The standard InChI is InChI=1S/C11H9F6N3/c1-6-8-4-7(12)5-18-9(8)20(19-6)3-2-10(13,14)11(15,16)17/h4-5H,2-3H2,1H3. The van der Waals surface area contributed by atoms with E-state index in [1.54, 1.807) is 0 Å². The Bertz CT molecular complexity index is 631. The van der Waals surface area contributed by atoms with Crippen LogP contribution in [0.4, 0.5) is 26.3 Å². The topological polar surface area (TPSA) is 30.7 Å². The number of alkyl halides is 5. The summed E-state index contributed by atoms with van der Waals surface area (Å²) in [5, 5.41) is 4.08. The second-order valence-corrected chi connectivity index (χ2v) is 4.29. The van der Waals surface area contributed by atoms with Crippen molar-refractivity contribution in [2.24, 2.45) is 0 Å². The Kier molecular flexibility index (Phi) is 3.39. The summed E-state index contributed by atoms with van der Waals surface area (Å²) in [4.78, 5) is 3.66. The first kappa shape index (κ1) is 14.6. The molecule has 0 unspecified atom stereocenters. The molecule has 0 radical (unpaired) electrons. The first-order chi connectivity index (χ1) is 9.12. The van der Waals surface area contributed by atoms with Gasteiger partial charge in [-0.05, 0) is 13.0 Å². The molecule has 110 valence electrons. The quantitative estimate of drug-likeness (QED) is 0.812. The molecule has 0 atom stereocenters. The summed E-state index contributed by atoms with van der Waals surface area (Å²) in [6.07, 6.45) is -6.21. The van der Waals surface area contributed by atoms with Crippen molar-refractivity contribution in [1.29, 1.82) is 0 Å². The highest BCUT2D eigenvalue weighted by Crippen LogP contribution is 2.38. The van der Waals surface area contributed by atoms with Crippen LogP contribution < -0.4 is 0 Å². The summed E-state index contributed by atoms with van der Waals surface area (Å²) in [6, 6.07) is 1.10. The normalized spacial score (nSPS) is 13.2. The number of pyridine rings is 1. The number of halogens is 6. The van der Waals surface area contributed by atoms with Gasteiger partial charge in [-0.25, -0.2) is 14.1 Å². The molecule has 0 saturated heterocycles. The van der Waals surface area contributed by atoms with E-state index in [9.17, 15) is 26.3 Å². The number of fused-ring (bicyclic) bond motifs is 1. The van der Waals surface area contributed by atoms with Crippen molar-refractivity contribution in [2.75, 3.05) is 0 Å². The fourth-order valence-corrected chi connectivity index (χ4v) is 1.73. The van der Waals surface area contributed by atoms with Crippen LogP contribution in [0.3, 0.4) is 0 Å². The molecule has 0 N–H and O–H groups in total. The molecule has 0 aliphatic carbocycles. The molecule has 3 nitrogen and oxygen atoms in total. The van der Waals surface area contributed by atoms with Gasteiger partial charge < -0.3 is 0 Å². The van der Waals surface area contributed by atoms with Gasteiger partial charge >= 0.3 is 12.1 Å². The maximum Gasteiger partial charge on any atom is 0.453 e. The van der Waals surface area contributed by atoms with E-state index in [4.69, 9.17) is 0 Å². The lowest BCUT2D eigenvalue weighted by Gasteiger charge is -2.19. The Labute approximate surface area is 109 Å². The van der Waals surface area contributed by atoms with Crippen molar-refractivity contribution in [3.8, 4) is 0 Å². The van der Waals surface area contributed by atoms with E-state index in [1.807, 2.05) is 0 Å². The molecule has 0 fully saturated rings. The Hall–Kier alpha value is -1.80. The molecule has 0 aromatic carbocycles. The molecular weight excluding hydrogens is 288 g/mol. The minimum atomic E-state index is -5.61. The maximum absolute atomic E-state index is 13.0. The van der Waals surface area contributed by atoms with Crippen LogP contribution in [-0.4, -0.2) is 26.9 Å². The largest absolute Gasteiger partial charge is 0.453 e.